The maximum Gasteiger partial charge on any atom is 0.168 e. The third kappa shape index (κ3) is 2.88. The lowest BCUT2D eigenvalue weighted by Gasteiger charge is -2.10. The van der Waals surface area contributed by atoms with Gasteiger partial charge < -0.3 is 5.11 Å². The van der Waals surface area contributed by atoms with Crippen LogP contribution in [-0.2, 0) is 6.61 Å². The Kier molecular flexibility index (Phi) is 4.31. The molecule has 0 amide bonds. The summed E-state index contributed by atoms with van der Waals surface area (Å²) in [5, 5.41) is 9.36. The average molecular weight is 333 g/mol. The summed E-state index contributed by atoms with van der Waals surface area (Å²) in [6.45, 7) is -0.420. The fourth-order valence-corrected chi connectivity index (χ4v) is 2.36. The molecule has 122 valence electrons. The van der Waals surface area contributed by atoms with Crippen molar-refractivity contribution < 1.29 is 22.7 Å². The monoisotopic (exact) mass is 333 g/mol. The smallest absolute Gasteiger partial charge is 0.168 e. The molecule has 2 nitrogen and oxygen atoms in total. The fraction of sp³-hybridized carbons (Fsp3) is 0.0556. The van der Waals surface area contributed by atoms with Crippen molar-refractivity contribution in [3.8, 4) is 22.5 Å². The van der Waals surface area contributed by atoms with Crippen LogP contribution in [0.3, 0.4) is 0 Å². The van der Waals surface area contributed by atoms with E-state index >= 15 is 0 Å². The first-order valence-corrected chi connectivity index (χ1v) is 7.02. The van der Waals surface area contributed by atoms with E-state index in [1.807, 2.05) is 0 Å². The van der Waals surface area contributed by atoms with Crippen molar-refractivity contribution in [2.24, 2.45) is 0 Å². The highest BCUT2D eigenvalue weighted by Gasteiger charge is 2.16. The Morgan fingerprint density at radius 2 is 1.21 bits per heavy atom. The topological polar surface area (TPSA) is 33.1 Å². The quantitative estimate of drug-likeness (QED) is 0.718. The minimum Gasteiger partial charge on any atom is -0.392 e. The van der Waals surface area contributed by atoms with Crippen molar-refractivity contribution in [3.63, 3.8) is 0 Å². The maximum atomic E-state index is 14.0. The molecule has 1 heterocycles. The van der Waals surface area contributed by atoms with Gasteiger partial charge in [-0.15, -0.1) is 0 Å². The number of nitrogens with zero attached hydrogens (tertiary/aromatic N) is 1. The predicted molar refractivity (Wildman–Crippen MR) is 80.9 cm³/mol. The Morgan fingerprint density at radius 3 is 1.62 bits per heavy atom. The summed E-state index contributed by atoms with van der Waals surface area (Å²) >= 11 is 0. The van der Waals surface area contributed by atoms with Gasteiger partial charge in [0.2, 0.25) is 0 Å². The van der Waals surface area contributed by atoms with E-state index in [-0.39, 0.29) is 22.5 Å². The summed E-state index contributed by atoms with van der Waals surface area (Å²) in [6.07, 6.45) is 0. The van der Waals surface area contributed by atoms with Crippen molar-refractivity contribution >= 4 is 0 Å². The Hall–Kier alpha value is -2.73. The van der Waals surface area contributed by atoms with Crippen LogP contribution in [-0.4, -0.2) is 10.1 Å². The molecule has 0 aliphatic rings. The van der Waals surface area contributed by atoms with Gasteiger partial charge in [-0.3, -0.25) is 0 Å². The second-order valence-electron chi connectivity index (χ2n) is 5.11. The van der Waals surface area contributed by atoms with Crippen molar-refractivity contribution in [1.29, 1.82) is 0 Å². The SMILES string of the molecule is OCc1cc(-c2cccc(F)c2F)nc(-c2cccc(F)c2F)c1. The largest absolute Gasteiger partial charge is 0.392 e. The van der Waals surface area contributed by atoms with E-state index < -0.39 is 29.9 Å². The number of hydrogen-bond acceptors (Lipinski definition) is 2. The molecule has 3 aromatic rings. The summed E-state index contributed by atoms with van der Waals surface area (Å²) in [5.41, 5.74) is 0.0588. The first-order valence-electron chi connectivity index (χ1n) is 7.02. The number of pyridine rings is 1. The van der Waals surface area contributed by atoms with E-state index in [4.69, 9.17) is 0 Å². The van der Waals surface area contributed by atoms with Gasteiger partial charge in [-0.25, -0.2) is 22.5 Å². The molecule has 0 aliphatic carbocycles. The van der Waals surface area contributed by atoms with Crippen LogP contribution < -0.4 is 0 Å². The predicted octanol–water partition coefficient (Wildman–Crippen LogP) is 4.46. The van der Waals surface area contributed by atoms with Crippen molar-refractivity contribution in [1.82, 2.24) is 4.98 Å². The zero-order valence-corrected chi connectivity index (χ0v) is 12.2. The van der Waals surface area contributed by atoms with Crippen molar-refractivity contribution in [3.05, 3.63) is 77.4 Å². The lowest BCUT2D eigenvalue weighted by atomic mass is 10.0. The minimum absolute atomic E-state index is 0.0113. The average Bonchev–Trinajstić information content (AvgIpc) is 2.59. The third-order valence-electron chi connectivity index (χ3n) is 3.52. The number of halogens is 4. The third-order valence-corrected chi connectivity index (χ3v) is 3.52. The highest BCUT2D eigenvalue weighted by molar-refractivity contribution is 5.68. The lowest BCUT2D eigenvalue weighted by molar-refractivity contribution is 0.282. The van der Waals surface area contributed by atoms with E-state index in [9.17, 15) is 22.7 Å². The van der Waals surface area contributed by atoms with Gasteiger partial charge in [0.1, 0.15) is 0 Å². The van der Waals surface area contributed by atoms with Gasteiger partial charge in [0.05, 0.1) is 18.0 Å². The summed E-state index contributed by atoms with van der Waals surface area (Å²) in [6, 6.07) is 9.88. The Bertz CT molecular complexity index is 842. The molecular weight excluding hydrogens is 322 g/mol. The Labute approximate surface area is 135 Å². The van der Waals surface area contributed by atoms with E-state index in [1.54, 1.807) is 0 Å². The number of aliphatic hydroxyl groups is 1. The molecular formula is C18H11F4NO. The fourth-order valence-electron chi connectivity index (χ4n) is 2.36. The maximum absolute atomic E-state index is 14.0. The molecule has 24 heavy (non-hydrogen) atoms. The highest BCUT2D eigenvalue weighted by Crippen LogP contribution is 2.29. The van der Waals surface area contributed by atoms with Gasteiger partial charge in [0, 0.05) is 11.1 Å². The van der Waals surface area contributed by atoms with Crippen LogP contribution in [0.5, 0.6) is 0 Å². The number of rotatable bonds is 3. The van der Waals surface area contributed by atoms with Crippen molar-refractivity contribution in [2.45, 2.75) is 6.61 Å². The molecule has 1 N–H and O–H groups in total. The van der Waals surface area contributed by atoms with Crippen LogP contribution in [0, 0.1) is 23.3 Å². The molecule has 3 rings (SSSR count). The second-order valence-corrected chi connectivity index (χ2v) is 5.11. The summed E-state index contributed by atoms with van der Waals surface area (Å²) in [4.78, 5) is 4.10. The molecule has 0 fully saturated rings. The molecule has 2 aromatic carbocycles. The van der Waals surface area contributed by atoms with Gasteiger partial charge in [0.25, 0.3) is 0 Å². The zero-order chi connectivity index (χ0) is 17.3. The highest BCUT2D eigenvalue weighted by atomic mass is 19.2. The summed E-state index contributed by atoms with van der Waals surface area (Å²) in [5.74, 6) is -4.32. The van der Waals surface area contributed by atoms with Crippen LogP contribution in [0.25, 0.3) is 22.5 Å². The van der Waals surface area contributed by atoms with E-state index in [0.29, 0.717) is 5.56 Å². The van der Waals surface area contributed by atoms with Gasteiger partial charge in [-0.1, -0.05) is 12.1 Å². The van der Waals surface area contributed by atoms with Crippen LogP contribution in [0.15, 0.2) is 48.5 Å². The van der Waals surface area contributed by atoms with E-state index in [0.717, 1.165) is 12.1 Å². The summed E-state index contributed by atoms with van der Waals surface area (Å²) in [7, 11) is 0. The van der Waals surface area contributed by atoms with Crippen LogP contribution >= 0.6 is 0 Å². The van der Waals surface area contributed by atoms with Crippen LogP contribution in [0.4, 0.5) is 17.6 Å². The Balaban J connectivity index is 2.23. The van der Waals surface area contributed by atoms with Crippen LogP contribution in [0.2, 0.25) is 0 Å². The van der Waals surface area contributed by atoms with E-state index in [2.05, 4.69) is 4.98 Å². The van der Waals surface area contributed by atoms with Crippen LogP contribution in [0.1, 0.15) is 5.56 Å². The number of benzene rings is 2. The van der Waals surface area contributed by atoms with Gasteiger partial charge in [-0.2, -0.15) is 0 Å². The van der Waals surface area contributed by atoms with E-state index in [1.165, 1.54) is 36.4 Å². The normalized spacial score (nSPS) is 10.9. The molecule has 0 bridgehead atoms. The molecule has 6 heteroatoms. The molecule has 0 aliphatic heterocycles. The van der Waals surface area contributed by atoms with Gasteiger partial charge in [-0.05, 0) is 42.0 Å². The first kappa shape index (κ1) is 16.1. The summed E-state index contributed by atoms with van der Waals surface area (Å²) < 4.78 is 54.8. The number of aliphatic hydroxyl groups excluding tert-OH is 1. The molecule has 0 atom stereocenters. The number of aromatic nitrogens is 1. The second kappa shape index (κ2) is 6.41. The molecule has 0 unspecified atom stereocenters. The number of hydrogen-bond donors (Lipinski definition) is 1. The first-order chi connectivity index (χ1) is 11.5. The standard InChI is InChI=1S/C18H11F4NO/c19-13-5-1-3-11(17(13)21)15-7-10(9-24)8-16(23-15)12-4-2-6-14(20)18(12)22/h1-8,24H,9H2. The Morgan fingerprint density at radius 1 is 0.750 bits per heavy atom. The zero-order valence-electron chi connectivity index (χ0n) is 12.2. The minimum atomic E-state index is -1.11. The van der Waals surface area contributed by atoms with Gasteiger partial charge in [0.15, 0.2) is 23.3 Å². The van der Waals surface area contributed by atoms with Gasteiger partial charge >= 0.3 is 0 Å². The molecule has 0 saturated carbocycles. The molecule has 0 spiro atoms. The molecule has 0 radical (unpaired) electrons. The molecule has 1 aromatic heterocycles. The molecule has 0 saturated heterocycles. The van der Waals surface area contributed by atoms with Crippen molar-refractivity contribution in [2.75, 3.05) is 0 Å². The lowest BCUT2D eigenvalue weighted by Crippen LogP contribution is -1.98.